The van der Waals surface area contributed by atoms with Gasteiger partial charge >= 0.3 is 0 Å². The summed E-state index contributed by atoms with van der Waals surface area (Å²) in [5.41, 5.74) is 12.9. The van der Waals surface area contributed by atoms with Gasteiger partial charge in [0.1, 0.15) is 6.04 Å². The summed E-state index contributed by atoms with van der Waals surface area (Å²) in [6, 6.07) is 4.81. The van der Waals surface area contributed by atoms with E-state index in [-0.39, 0.29) is 18.7 Å². The summed E-state index contributed by atoms with van der Waals surface area (Å²) in [6.45, 7) is 1.92. The van der Waals surface area contributed by atoms with E-state index in [4.69, 9.17) is 11.5 Å². The Hall–Kier alpha value is -2.90. The number of carbonyl (C=O) groups is 4. The summed E-state index contributed by atoms with van der Waals surface area (Å²) >= 11 is 0. The minimum atomic E-state index is -0.827. The number of benzene rings is 1. The van der Waals surface area contributed by atoms with Crippen molar-refractivity contribution in [1.29, 1.82) is 0 Å². The number of nitrogens with two attached hydrogens (primary N) is 2. The van der Waals surface area contributed by atoms with Crippen LogP contribution < -0.4 is 22.1 Å². The monoisotopic (exact) mass is 376 g/mol. The van der Waals surface area contributed by atoms with E-state index < -0.39 is 17.9 Å². The molecule has 4 amide bonds. The van der Waals surface area contributed by atoms with Crippen LogP contribution in [0.5, 0.6) is 0 Å². The van der Waals surface area contributed by atoms with Crippen LogP contribution in [0.25, 0.3) is 0 Å². The molecule has 0 unspecified atom stereocenters. The van der Waals surface area contributed by atoms with Crippen LogP contribution in [0, 0.1) is 6.92 Å². The number of rotatable bonds is 13. The molecule has 0 saturated heterocycles. The number of hydrogen-bond acceptors (Lipinski definition) is 4. The summed E-state index contributed by atoms with van der Waals surface area (Å²) in [5, 5.41) is 5.21. The lowest BCUT2D eigenvalue weighted by atomic mass is 10.00. The third-order valence-electron chi connectivity index (χ3n) is 4.34. The van der Waals surface area contributed by atoms with Crippen LogP contribution in [0.2, 0.25) is 0 Å². The van der Waals surface area contributed by atoms with E-state index in [1.54, 1.807) is 6.07 Å². The summed E-state index contributed by atoms with van der Waals surface area (Å²) in [4.78, 5) is 44.8. The first kappa shape index (κ1) is 22.1. The molecule has 0 heterocycles. The number of aryl methyl sites for hydroxylation is 1. The summed E-state index contributed by atoms with van der Waals surface area (Å²) < 4.78 is 0. The second-order valence-electron chi connectivity index (χ2n) is 6.45. The first-order chi connectivity index (χ1) is 12.8. The number of carbonyl (C=O) groups excluding carboxylic acids is 4. The minimum absolute atomic E-state index is 0.00323. The fourth-order valence-electron chi connectivity index (χ4n) is 2.76. The Labute approximate surface area is 159 Å². The van der Waals surface area contributed by atoms with Crippen molar-refractivity contribution in [3.63, 3.8) is 0 Å². The lowest BCUT2D eigenvalue weighted by Crippen LogP contribution is -2.40. The van der Waals surface area contributed by atoms with Crippen LogP contribution in [0.3, 0.4) is 0 Å². The molecule has 0 aliphatic rings. The van der Waals surface area contributed by atoms with Crippen molar-refractivity contribution < 1.29 is 19.2 Å². The van der Waals surface area contributed by atoms with Crippen molar-refractivity contribution >= 4 is 29.8 Å². The Bertz CT molecular complexity index is 676. The van der Waals surface area contributed by atoms with Crippen LogP contribution >= 0.6 is 0 Å². The van der Waals surface area contributed by atoms with Crippen LogP contribution in [-0.4, -0.2) is 30.2 Å². The molecular weight excluding hydrogens is 348 g/mol. The maximum Gasteiger partial charge on any atom is 0.246 e. The molecule has 8 nitrogen and oxygen atoms in total. The maximum absolute atomic E-state index is 12.4. The van der Waals surface area contributed by atoms with Crippen LogP contribution in [0.4, 0.5) is 5.69 Å². The molecule has 0 radical (unpaired) electrons. The van der Waals surface area contributed by atoms with Crippen molar-refractivity contribution in [3.8, 4) is 0 Å². The fourth-order valence-corrected chi connectivity index (χ4v) is 2.76. The zero-order valence-corrected chi connectivity index (χ0v) is 15.6. The average molecular weight is 376 g/mol. The Morgan fingerprint density at radius 1 is 1.07 bits per heavy atom. The second-order valence-corrected chi connectivity index (χ2v) is 6.45. The maximum atomic E-state index is 12.4. The molecule has 0 fully saturated rings. The molecule has 0 saturated carbocycles. The number of hydrogen-bond donors (Lipinski definition) is 4. The highest BCUT2D eigenvalue weighted by atomic mass is 16.2. The molecule has 1 rings (SSSR count). The molecule has 0 spiro atoms. The van der Waals surface area contributed by atoms with Gasteiger partial charge in [-0.25, -0.2) is 0 Å². The van der Waals surface area contributed by atoms with Gasteiger partial charge in [-0.2, -0.15) is 0 Å². The van der Waals surface area contributed by atoms with E-state index in [0.717, 1.165) is 36.8 Å². The highest BCUT2D eigenvalue weighted by molar-refractivity contribution is 5.96. The number of primary amides is 2. The highest BCUT2D eigenvalue weighted by Gasteiger charge is 2.19. The Kier molecular flexibility index (Phi) is 9.57. The molecule has 8 heteroatoms. The van der Waals surface area contributed by atoms with Crippen LogP contribution in [-0.2, 0) is 25.6 Å². The van der Waals surface area contributed by atoms with Gasteiger partial charge < -0.3 is 22.1 Å². The SMILES string of the molecule is Cc1c(CCCCCC(N)=O)cccc1NC(=O)[C@H](CCC(N)=O)NC=O. The van der Waals surface area contributed by atoms with Crippen molar-refractivity contribution in [1.82, 2.24) is 5.32 Å². The van der Waals surface area contributed by atoms with E-state index in [1.807, 2.05) is 19.1 Å². The molecule has 1 atom stereocenters. The number of amides is 4. The van der Waals surface area contributed by atoms with Crippen LogP contribution in [0.1, 0.15) is 49.7 Å². The van der Waals surface area contributed by atoms with Gasteiger partial charge in [0.25, 0.3) is 0 Å². The topological polar surface area (TPSA) is 144 Å². The van der Waals surface area contributed by atoms with Gasteiger partial charge in [0.15, 0.2) is 0 Å². The number of nitrogens with one attached hydrogen (secondary N) is 2. The normalized spacial score (nSPS) is 11.4. The number of unbranched alkanes of at least 4 members (excludes halogenated alkanes) is 2. The van der Waals surface area contributed by atoms with Gasteiger partial charge in [-0.05, 0) is 49.8 Å². The molecule has 1 aromatic carbocycles. The second kappa shape index (κ2) is 11.7. The largest absolute Gasteiger partial charge is 0.370 e. The predicted molar refractivity (Wildman–Crippen MR) is 103 cm³/mol. The Morgan fingerprint density at radius 2 is 1.78 bits per heavy atom. The molecule has 6 N–H and O–H groups in total. The zero-order chi connectivity index (χ0) is 20.2. The van der Waals surface area contributed by atoms with Crippen LogP contribution in [0.15, 0.2) is 18.2 Å². The van der Waals surface area contributed by atoms with Crippen molar-refractivity contribution in [2.24, 2.45) is 11.5 Å². The van der Waals surface area contributed by atoms with Gasteiger partial charge in [0.2, 0.25) is 24.1 Å². The Balaban J connectivity index is 2.68. The first-order valence-corrected chi connectivity index (χ1v) is 9.00. The van der Waals surface area contributed by atoms with E-state index in [2.05, 4.69) is 10.6 Å². The van der Waals surface area contributed by atoms with E-state index in [1.165, 1.54) is 0 Å². The standard InChI is InChI=1S/C19H28N4O4/c1-13-14(6-3-2-4-9-17(20)25)7-5-8-15(13)23-19(27)16(22-12-24)10-11-18(21)26/h5,7-8,12,16H,2-4,6,9-11H2,1H3,(H2,20,25)(H2,21,26)(H,22,24)(H,23,27)/t16-/m0/s1. The van der Waals surface area contributed by atoms with Gasteiger partial charge in [-0.15, -0.1) is 0 Å². The average Bonchev–Trinajstić information content (AvgIpc) is 2.60. The molecular formula is C19H28N4O4. The molecule has 1 aromatic rings. The minimum Gasteiger partial charge on any atom is -0.370 e. The van der Waals surface area contributed by atoms with Crippen molar-refractivity contribution in [2.45, 2.75) is 57.9 Å². The molecule has 148 valence electrons. The third kappa shape index (κ3) is 8.35. The predicted octanol–water partition coefficient (Wildman–Crippen LogP) is 0.902. The van der Waals surface area contributed by atoms with E-state index in [9.17, 15) is 19.2 Å². The third-order valence-corrected chi connectivity index (χ3v) is 4.34. The Morgan fingerprint density at radius 3 is 2.41 bits per heavy atom. The lowest BCUT2D eigenvalue weighted by Gasteiger charge is -2.17. The van der Waals surface area contributed by atoms with Gasteiger partial charge in [0.05, 0.1) is 0 Å². The molecule has 0 aromatic heterocycles. The van der Waals surface area contributed by atoms with E-state index >= 15 is 0 Å². The summed E-state index contributed by atoms with van der Waals surface area (Å²) in [6.07, 6.45) is 4.38. The first-order valence-electron chi connectivity index (χ1n) is 9.00. The smallest absolute Gasteiger partial charge is 0.246 e. The molecule has 0 bridgehead atoms. The van der Waals surface area contributed by atoms with Crippen molar-refractivity contribution in [3.05, 3.63) is 29.3 Å². The van der Waals surface area contributed by atoms with Gasteiger partial charge in [-0.1, -0.05) is 18.6 Å². The molecule has 0 aliphatic carbocycles. The number of anilines is 1. The fraction of sp³-hybridized carbons (Fsp3) is 0.474. The lowest BCUT2D eigenvalue weighted by molar-refractivity contribution is -0.122. The van der Waals surface area contributed by atoms with Gasteiger partial charge in [0, 0.05) is 18.5 Å². The molecule has 27 heavy (non-hydrogen) atoms. The summed E-state index contributed by atoms with van der Waals surface area (Å²) in [7, 11) is 0. The quantitative estimate of drug-likeness (QED) is 0.299. The van der Waals surface area contributed by atoms with Gasteiger partial charge in [-0.3, -0.25) is 19.2 Å². The van der Waals surface area contributed by atoms with E-state index in [0.29, 0.717) is 18.5 Å². The summed E-state index contributed by atoms with van der Waals surface area (Å²) in [5.74, 6) is -1.22. The van der Waals surface area contributed by atoms with Crippen molar-refractivity contribution in [2.75, 3.05) is 5.32 Å². The highest BCUT2D eigenvalue weighted by Crippen LogP contribution is 2.21. The molecule has 0 aliphatic heterocycles. The zero-order valence-electron chi connectivity index (χ0n) is 15.6.